The summed E-state index contributed by atoms with van der Waals surface area (Å²) in [6.45, 7) is 6.63. The van der Waals surface area contributed by atoms with Crippen LogP contribution in [-0.2, 0) is 0 Å². The molecule has 20 heavy (non-hydrogen) atoms. The van der Waals surface area contributed by atoms with Gasteiger partial charge in [-0.05, 0) is 32.6 Å². The molecule has 0 aromatic carbocycles. The highest BCUT2D eigenvalue weighted by molar-refractivity contribution is 8.14. The Kier molecular flexibility index (Phi) is 3.80. The quantitative estimate of drug-likeness (QED) is 0.898. The first kappa shape index (κ1) is 14.0. The Morgan fingerprint density at radius 3 is 3.05 bits per heavy atom. The molecule has 4 nitrogen and oxygen atoms in total. The molecule has 1 fully saturated rings. The van der Waals surface area contributed by atoms with E-state index in [4.69, 9.17) is 4.99 Å². The lowest BCUT2D eigenvalue weighted by atomic mass is 9.78. The zero-order chi connectivity index (χ0) is 14.2. The summed E-state index contributed by atoms with van der Waals surface area (Å²) in [5.41, 5.74) is 1.25. The summed E-state index contributed by atoms with van der Waals surface area (Å²) in [5, 5.41) is 8.87. The van der Waals surface area contributed by atoms with Gasteiger partial charge in [-0.25, -0.2) is 0 Å². The van der Waals surface area contributed by atoms with Crippen LogP contribution >= 0.6 is 11.8 Å². The second-order valence-corrected chi connectivity index (χ2v) is 7.52. The Balaban J connectivity index is 1.68. The SMILES string of the molecule is CC1CCCC2(CSC(Nc3cnn(C(C)C)c3)=N2)C1. The zero-order valence-corrected chi connectivity index (χ0v) is 13.4. The molecule has 2 atom stereocenters. The largest absolute Gasteiger partial charge is 0.332 e. The molecule has 1 aromatic heterocycles. The van der Waals surface area contributed by atoms with Gasteiger partial charge in [0, 0.05) is 18.0 Å². The standard InChI is InChI=1S/C15H24N4S/c1-11(2)19-9-13(8-16-19)17-14-18-15(10-20-14)6-4-5-12(3)7-15/h8-9,11-12H,4-7,10H2,1-3H3,(H,17,18). The number of hydrogen-bond acceptors (Lipinski definition) is 4. The molecule has 1 aliphatic heterocycles. The van der Waals surface area contributed by atoms with Gasteiger partial charge >= 0.3 is 0 Å². The number of anilines is 1. The highest BCUT2D eigenvalue weighted by atomic mass is 32.2. The van der Waals surface area contributed by atoms with E-state index in [1.165, 1.54) is 25.7 Å². The molecule has 5 heteroatoms. The van der Waals surface area contributed by atoms with E-state index in [0.29, 0.717) is 6.04 Å². The molecule has 110 valence electrons. The van der Waals surface area contributed by atoms with Gasteiger partial charge in [-0.3, -0.25) is 9.67 Å². The first-order valence-corrected chi connectivity index (χ1v) is 8.59. The van der Waals surface area contributed by atoms with Crippen LogP contribution in [0.15, 0.2) is 17.4 Å². The normalized spacial score (nSPS) is 30.0. The van der Waals surface area contributed by atoms with Crippen molar-refractivity contribution in [2.45, 2.75) is 58.0 Å². The summed E-state index contributed by atoms with van der Waals surface area (Å²) in [4.78, 5) is 5.01. The maximum absolute atomic E-state index is 5.01. The lowest BCUT2D eigenvalue weighted by Crippen LogP contribution is -2.33. The summed E-state index contributed by atoms with van der Waals surface area (Å²) in [7, 11) is 0. The molecule has 0 radical (unpaired) electrons. The highest BCUT2D eigenvalue weighted by Gasteiger charge is 2.39. The van der Waals surface area contributed by atoms with E-state index in [9.17, 15) is 0 Å². The van der Waals surface area contributed by atoms with Crippen molar-refractivity contribution in [2.24, 2.45) is 10.9 Å². The number of rotatable bonds is 2. The highest BCUT2D eigenvalue weighted by Crippen LogP contribution is 2.42. The second kappa shape index (κ2) is 5.43. The van der Waals surface area contributed by atoms with Gasteiger partial charge in [0.05, 0.1) is 17.4 Å². The number of aliphatic imine (C=N–C) groups is 1. The number of hydrogen-bond donors (Lipinski definition) is 1. The third-order valence-corrected chi connectivity index (χ3v) is 5.41. The zero-order valence-electron chi connectivity index (χ0n) is 12.6. The van der Waals surface area contributed by atoms with Crippen LogP contribution in [0.2, 0.25) is 0 Å². The van der Waals surface area contributed by atoms with Gasteiger partial charge in [-0.15, -0.1) is 0 Å². The predicted octanol–water partition coefficient (Wildman–Crippen LogP) is 3.93. The average Bonchev–Trinajstić information content (AvgIpc) is 2.98. The van der Waals surface area contributed by atoms with Gasteiger partial charge in [-0.1, -0.05) is 31.5 Å². The fourth-order valence-electron chi connectivity index (χ4n) is 3.22. The molecule has 1 N–H and O–H groups in total. The van der Waals surface area contributed by atoms with E-state index in [-0.39, 0.29) is 5.54 Å². The number of nitrogens with one attached hydrogen (secondary N) is 1. The van der Waals surface area contributed by atoms with E-state index in [2.05, 4.69) is 37.4 Å². The Labute approximate surface area is 125 Å². The topological polar surface area (TPSA) is 42.2 Å². The second-order valence-electron chi connectivity index (χ2n) is 6.56. The van der Waals surface area contributed by atoms with Crippen molar-refractivity contribution >= 4 is 22.6 Å². The summed E-state index contributed by atoms with van der Waals surface area (Å²) in [6, 6.07) is 0.397. The average molecular weight is 292 g/mol. The van der Waals surface area contributed by atoms with Gasteiger partial charge in [0.1, 0.15) is 0 Å². The smallest absolute Gasteiger partial charge is 0.161 e. The number of aromatic nitrogens is 2. The fourth-order valence-corrected chi connectivity index (χ4v) is 4.40. The fraction of sp³-hybridized carbons (Fsp3) is 0.733. The minimum Gasteiger partial charge on any atom is -0.332 e. The lowest BCUT2D eigenvalue weighted by Gasteiger charge is -2.33. The third-order valence-electron chi connectivity index (χ3n) is 4.27. The molecule has 0 amide bonds. The summed E-state index contributed by atoms with van der Waals surface area (Å²) < 4.78 is 1.97. The Morgan fingerprint density at radius 1 is 1.50 bits per heavy atom. The summed E-state index contributed by atoms with van der Waals surface area (Å²) in [5.74, 6) is 1.95. The number of amidine groups is 1. The Morgan fingerprint density at radius 2 is 2.35 bits per heavy atom. The monoisotopic (exact) mass is 292 g/mol. The minimum absolute atomic E-state index is 0.207. The van der Waals surface area contributed by atoms with Crippen molar-refractivity contribution in [2.75, 3.05) is 11.1 Å². The van der Waals surface area contributed by atoms with Crippen LogP contribution in [0.25, 0.3) is 0 Å². The maximum Gasteiger partial charge on any atom is 0.161 e. The minimum atomic E-state index is 0.207. The van der Waals surface area contributed by atoms with Gasteiger partial charge < -0.3 is 5.32 Å². The molecule has 1 aliphatic carbocycles. The maximum atomic E-state index is 5.01. The van der Waals surface area contributed by atoms with Crippen molar-refractivity contribution in [3.63, 3.8) is 0 Å². The molecule has 1 aromatic rings. The summed E-state index contributed by atoms with van der Waals surface area (Å²) in [6.07, 6.45) is 9.13. The molecular formula is C15H24N4S. The van der Waals surface area contributed by atoms with Gasteiger partial charge in [0.25, 0.3) is 0 Å². The van der Waals surface area contributed by atoms with Gasteiger partial charge in [-0.2, -0.15) is 5.10 Å². The number of thioether (sulfide) groups is 1. The van der Waals surface area contributed by atoms with E-state index in [1.807, 2.05) is 22.6 Å². The van der Waals surface area contributed by atoms with Crippen molar-refractivity contribution in [3.05, 3.63) is 12.4 Å². The van der Waals surface area contributed by atoms with Crippen LogP contribution in [0.3, 0.4) is 0 Å². The third kappa shape index (κ3) is 2.87. The molecule has 3 rings (SSSR count). The molecule has 2 aliphatic rings. The first-order chi connectivity index (χ1) is 9.56. The predicted molar refractivity (Wildman–Crippen MR) is 86.5 cm³/mol. The molecule has 0 bridgehead atoms. The van der Waals surface area contributed by atoms with Crippen LogP contribution in [0.4, 0.5) is 5.69 Å². The van der Waals surface area contributed by atoms with Crippen LogP contribution in [0, 0.1) is 5.92 Å². The molecule has 2 unspecified atom stereocenters. The van der Waals surface area contributed by atoms with E-state index in [0.717, 1.165) is 22.5 Å². The molecule has 2 heterocycles. The summed E-state index contributed by atoms with van der Waals surface area (Å²) >= 11 is 1.86. The van der Waals surface area contributed by atoms with Crippen LogP contribution in [-0.4, -0.2) is 26.2 Å². The first-order valence-electron chi connectivity index (χ1n) is 7.60. The molecular weight excluding hydrogens is 268 g/mol. The Hall–Kier alpha value is -0.970. The van der Waals surface area contributed by atoms with Crippen LogP contribution in [0.1, 0.15) is 52.5 Å². The van der Waals surface area contributed by atoms with Crippen LogP contribution in [0.5, 0.6) is 0 Å². The molecule has 0 saturated heterocycles. The lowest BCUT2D eigenvalue weighted by molar-refractivity contribution is 0.266. The molecule has 1 spiro atoms. The van der Waals surface area contributed by atoms with E-state index in [1.54, 1.807) is 0 Å². The van der Waals surface area contributed by atoms with Crippen molar-refractivity contribution < 1.29 is 0 Å². The molecule has 1 saturated carbocycles. The van der Waals surface area contributed by atoms with Crippen LogP contribution < -0.4 is 5.32 Å². The van der Waals surface area contributed by atoms with Crippen molar-refractivity contribution in [3.8, 4) is 0 Å². The van der Waals surface area contributed by atoms with Crippen molar-refractivity contribution in [1.29, 1.82) is 0 Å². The van der Waals surface area contributed by atoms with Crippen molar-refractivity contribution in [1.82, 2.24) is 9.78 Å². The van der Waals surface area contributed by atoms with E-state index < -0.39 is 0 Å². The van der Waals surface area contributed by atoms with E-state index >= 15 is 0 Å². The van der Waals surface area contributed by atoms with Gasteiger partial charge in [0.2, 0.25) is 0 Å². The Bertz CT molecular complexity index is 508. The number of nitrogens with zero attached hydrogens (tertiary/aromatic N) is 3. The van der Waals surface area contributed by atoms with Gasteiger partial charge in [0.15, 0.2) is 5.17 Å².